The molecule has 1 aliphatic heterocycles. The second-order valence-electron chi connectivity index (χ2n) is 5.25. The van der Waals surface area contributed by atoms with Crippen molar-refractivity contribution >= 4 is 5.82 Å². The van der Waals surface area contributed by atoms with Gasteiger partial charge in [-0.1, -0.05) is 0 Å². The molecule has 5 nitrogen and oxygen atoms in total. The van der Waals surface area contributed by atoms with Gasteiger partial charge in [-0.25, -0.2) is 0 Å². The molecule has 0 atom stereocenters. The number of hydrogen-bond acceptors (Lipinski definition) is 5. The first-order valence-electron chi connectivity index (χ1n) is 6.07. The molecule has 0 radical (unpaired) electrons. The van der Waals surface area contributed by atoms with Gasteiger partial charge in [0.1, 0.15) is 11.6 Å². The number of nitrogens with zero attached hydrogens (tertiary/aromatic N) is 4. The fourth-order valence-corrected chi connectivity index (χ4v) is 2.15. The lowest BCUT2D eigenvalue weighted by atomic mass is 10.1. The third-order valence-electron chi connectivity index (χ3n) is 3.27. The highest BCUT2D eigenvalue weighted by Gasteiger charge is 2.29. The van der Waals surface area contributed by atoms with Crippen LogP contribution in [0.3, 0.4) is 0 Å². The maximum absolute atomic E-state index is 9.31. The summed E-state index contributed by atoms with van der Waals surface area (Å²) in [7, 11) is 0. The van der Waals surface area contributed by atoms with Crippen LogP contribution in [-0.4, -0.2) is 35.5 Å². The van der Waals surface area contributed by atoms with Crippen molar-refractivity contribution in [2.75, 3.05) is 24.6 Å². The van der Waals surface area contributed by atoms with Crippen LogP contribution in [0.2, 0.25) is 0 Å². The molecule has 0 aliphatic carbocycles. The van der Waals surface area contributed by atoms with E-state index in [9.17, 15) is 5.26 Å². The Morgan fingerprint density at radius 3 is 2.67 bits per heavy atom. The molecule has 1 saturated heterocycles. The third kappa shape index (κ3) is 2.29. The standard InChI is InChI=1S/C13H18N4O/c1-9-10(2)15-16-12(11(9)7-14)17-5-6-18-13(3,4)8-17/h5-6,8H2,1-4H3. The quantitative estimate of drug-likeness (QED) is 0.753. The third-order valence-corrected chi connectivity index (χ3v) is 3.27. The molecule has 1 aromatic rings. The van der Waals surface area contributed by atoms with Crippen molar-refractivity contribution in [1.29, 1.82) is 5.26 Å². The lowest BCUT2D eigenvalue weighted by Crippen LogP contribution is -2.49. The average molecular weight is 246 g/mol. The van der Waals surface area contributed by atoms with Gasteiger partial charge in [0.2, 0.25) is 0 Å². The van der Waals surface area contributed by atoms with Crippen LogP contribution in [-0.2, 0) is 4.74 Å². The van der Waals surface area contributed by atoms with Gasteiger partial charge in [-0.15, -0.1) is 5.10 Å². The molecule has 2 heterocycles. The Morgan fingerprint density at radius 2 is 2.06 bits per heavy atom. The van der Waals surface area contributed by atoms with Crippen LogP contribution in [0.1, 0.15) is 30.7 Å². The lowest BCUT2D eigenvalue weighted by molar-refractivity contribution is -0.0279. The molecule has 0 unspecified atom stereocenters. The largest absolute Gasteiger partial charge is 0.372 e. The Balaban J connectivity index is 2.40. The van der Waals surface area contributed by atoms with Crippen molar-refractivity contribution in [2.45, 2.75) is 33.3 Å². The Hall–Kier alpha value is -1.67. The van der Waals surface area contributed by atoms with Crippen LogP contribution in [0.5, 0.6) is 0 Å². The van der Waals surface area contributed by atoms with E-state index in [2.05, 4.69) is 21.2 Å². The summed E-state index contributed by atoms with van der Waals surface area (Å²) in [6.45, 7) is 9.98. The molecule has 0 saturated carbocycles. The first kappa shape index (κ1) is 12.8. The van der Waals surface area contributed by atoms with Crippen LogP contribution in [0.15, 0.2) is 0 Å². The predicted octanol–water partition coefficient (Wildman–Crippen LogP) is 1.58. The van der Waals surface area contributed by atoms with Gasteiger partial charge in [-0.2, -0.15) is 10.4 Å². The van der Waals surface area contributed by atoms with Crippen molar-refractivity contribution in [2.24, 2.45) is 0 Å². The number of nitriles is 1. The van der Waals surface area contributed by atoms with Crippen molar-refractivity contribution in [3.8, 4) is 6.07 Å². The van der Waals surface area contributed by atoms with Gasteiger partial charge in [0.25, 0.3) is 0 Å². The SMILES string of the molecule is Cc1nnc(N2CCOC(C)(C)C2)c(C#N)c1C. The summed E-state index contributed by atoms with van der Waals surface area (Å²) in [5.74, 6) is 0.678. The summed E-state index contributed by atoms with van der Waals surface area (Å²) in [6, 6.07) is 2.24. The molecule has 96 valence electrons. The van der Waals surface area contributed by atoms with Gasteiger partial charge in [0.05, 0.1) is 17.9 Å². The second kappa shape index (κ2) is 4.54. The zero-order valence-corrected chi connectivity index (χ0v) is 11.3. The van der Waals surface area contributed by atoms with Crippen molar-refractivity contribution in [1.82, 2.24) is 10.2 Å². The van der Waals surface area contributed by atoms with Crippen molar-refractivity contribution < 1.29 is 4.74 Å². The summed E-state index contributed by atoms with van der Waals surface area (Å²) in [4.78, 5) is 2.08. The first-order chi connectivity index (χ1) is 8.44. The van der Waals surface area contributed by atoms with Crippen LogP contribution >= 0.6 is 0 Å². The molecule has 0 bridgehead atoms. The van der Waals surface area contributed by atoms with E-state index in [0.717, 1.165) is 24.3 Å². The summed E-state index contributed by atoms with van der Waals surface area (Å²) in [5.41, 5.74) is 2.13. The van der Waals surface area contributed by atoms with Crippen LogP contribution < -0.4 is 4.90 Å². The topological polar surface area (TPSA) is 62.0 Å². The zero-order chi connectivity index (χ0) is 13.3. The van der Waals surface area contributed by atoms with Gasteiger partial charge in [0, 0.05) is 13.1 Å². The number of aryl methyl sites for hydroxylation is 1. The van der Waals surface area contributed by atoms with Crippen molar-refractivity contribution in [3.63, 3.8) is 0 Å². The molecule has 0 aromatic carbocycles. The van der Waals surface area contributed by atoms with Gasteiger partial charge in [-0.3, -0.25) is 0 Å². The normalized spacial score (nSPS) is 18.5. The Bertz CT molecular complexity index is 504. The van der Waals surface area contributed by atoms with E-state index in [1.54, 1.807) is 0 Å². The number of morpholine rings is 1. The number of rotatable bonds is 1. The molecule has 5 heteroatoms. The first-order valence-corrected chi connectivity index (χ1v) is 6.07. The summed E-state index contributed by atoms with van der Waals surface area (Å²) >= 11 is 0. The molecule has 1 aromatic heterocycles. The highest BCUT2D eigenvalue weighted by atomic mass is 16.5. The average Bonchev–Trinajstić information content (AvgIpc) is 2.31. The van der Waals surface area contributed by atoms with Crippen molar-refractivity contribution in [3.05, 3.63) is 16.8 Å². The fourth-order valence-electron chi connectivity index (χ4n) is 2.15. The zero-order valence-electron chi connectivity index (χ0n) is 11.3. The Morgan fingerprint density at radius 1 is 1.33 bits per heavy atom. The lowest BCUT2D eigenvalue weighted by Gasteiger charge is -2.38. The highest BCUT2D eigenvalue weighted by Crippen LogP contribution is 2.26. The molecular weight excluding hydrogens is 228 g/mol. The van der Waals surface area contributed by atoms with E-state index < -0.39 is 0 Å². The second-order valence-corrected chi connectivity index (χ2v) is 5.25. The summed E-state index contributed by atoms with van der Waals surface area (Å²) in [5, 5.41) is 17.6. The van der Waals surface area contributed by atoms with E-state index >= 15 is 0 Å². The van der Waals surface area contributed by atoms with Gasteiger partial charge in [0.15, 0.2) is 5.82 Å². The maximum Gasteiger partial charge on any atom is 0.169 e. The molecular formula is C13H18N4O. The minimum absolute atomic E-state index is 0.217. The molecule has 0 spiro atoms. The van der Waals surface area contributed by atoms with E-state index in [1.807, 2.05) is 27.7 Å². The Labute approximate surface area is 107 Å². The van der Waals surface area contributed by atoms with E-state index in [1.165, 1.54) is 0 Å². The number of aromatic nitrogens is 2. The fraction of sp³-hybridized carbons (Fsp3) is 0.615. The molecule has 0 N–H and O–H groups in total. The smallest absolute Gasteiger partial charge is 0.169 e. The van der Waals surface area contributed by atoms with Crippen LogP contribution in [0.25, 0.3) is 0 Å². The number of anilines is 1. The van der Waals surface area contributed by atoms with E-state index in [4.69, 9.17) is 4.74 Å². The molecule has 1 aliphatic rings. The highest BCUT2D eigenvalue weighted by molar-refractivity contribution is 5.57. The van der Waals surface area contributed by atoms with Crippen LogP contribution in [0.4, 0.5) is 5.82 Å². The monoisotopic (exact) mass is 246 g/mol. The van der Waals surface area contributed by atoms with Gasteiger partial charge < -0.3 is 9.64 Å². The molecule has 1 fully saturated rings. The number of ether oxygens (including phenoxy) is 1. The molecule has 0 amide bonds. The van der Waals surface area contributed by atoms with Gasteiger partial charge in [-0.05, 0) is 33.3 Å². The minimum Gasteiger partial charge on any atom is -0.372 e. The number of hydrogen-bond donors (Lipinski definition) is 0. The maximum atomic E-state index is 9.31. The molecule has 2 rings (SSSR count). The minimum atomic E-state index is -0.217. The Kier molecular flexibility index (Phi) is 3.22. The van der Waals surface area contributed by atoms with Crippen LogP contribution in [0, 0.1) is 25.2 Å². The predicted molar refractivity (Wildman–Crippen MR) is 68.5 cm³/mol. The van der Waals surface area contributed by atoms with E-state index in [-0.39, 0.29) is 5.60 Å². The molecule has 18 heavy (non-hydrogen) atoms. The summed E-state index contributed by atoms with van der Waals surface area (Å²) < 4.78 is 5.67. The summed E-state index contributed by atoms with van der Waals surface area (Å²) in [6.07, 6.45) is 0. The van der Waals surface area contributed by atoms with E-state index in [0.29, 0.717) is 18.0 Å². The van der Waals surface area contributed by atoms with Gasteiger partial charge >= 0.3 is 0 Å².